The van der Waals surface area contributed by atoms with Crippen molar-refractivity contribution in [3.63, 3.8) is 0 Å². The van der Waals surface area contributed by atoms with E-state index in [9.17, 15) is 13.2 Å². The van der Waals surface area contributed by atoms with Gasteiger partial charge in [0.2, 0.25) is 10.0 Å². The second-order valence-electron chi connectivity index (χ2n) is 8.21. The molecule has 0 unspecified atom stereocenters. The maximum atomic E-state index is 12.7. The van der Waals surface area contributed by atoms with E-state index in [0.717, 1.165) is 43.9 Å². The van der Waals surface area contributed by atoms with Crippen LogP contribution >= 0.6 is 0 Å². The number of hydrogen-bond donors (Lipinski definition) is 2. The topological polar surface area (TPSA) is 81.7 Å². The van der Waals surface area contributed by atoms with Crippen LogP contribution < -0.4 is 10.0 Å². The van der Waals surface area contributed by atoms with E-state index in [1.807, 2.05) is 19.1 Å². The average Bonchev–Trinajstić information content (AvgIpc) is 2.75. The zero-order chi connectivity index (χ0) is 22.6. The molecule has 168 valence electrons. The van der Waals surface area contributed by atoms with Crippen molar-refractivity contribution in [1.29, 1.82) is 0 Å². The van der Waals surface area contributed by atoms with Gasteiger partial charge in [0.05, 0.1) is 4.90 Å². The van der Waals surface area contributed by atoms with Gasteiger partial charge in [0.15, 0.2) is 0 Å². The normalized spacial score (nSPS) is 15.7. The number of nitrogens with zero attached hydrogens (tertiary/aromatic N) is 2. The molecule has 2 aromatic carbocycles. The van der Waals surface area contributed by atoms with Gasteiger partial charge < -0.3 is 10.2 Å². The molecule has 1 fully saturated rings. The summed E-state index contributed by atoms with van der Waals surface area (Å²) in [5, 5.41) is 2.92. The largest absolute Gasteiger partial charge is 0.348 e. The average molecular weight is 445 g/mol. The van der Waals surface area contributed by atoms with Gasteiger partial charge >= 0.3 is 0 Å². The summed E-state index contributed by atoms with van der Waals surface area (Å²) in [6.45, 7) is 9.11. The lowest BCUT2D eigenvalue weighted by Gasteiger charge is -2.32. The van der Waals surface area contributed by atoms with Crippen molar-refractivity contribution in [2.24, 2.45) is 0 Å². The second kappa shape index (κ2) is 9.91. The molecule has 0 bridgehead atoms. The molecule has 0 atom stereocenters. The van der Waals surface area contributed by atoms with E-state index in [2.05, 4.69) is 39.0 Å². The highest BCUT2D eigenvalue weighted by Gasteiger charge is 2.19. The van der Waals surface area contributed by atoms with Crippen molar-refractivity contribution < 1.29 is 13.2 Å². The second-order valence-corrected chi connectivity index (χ2v) is 10.1. The lowest BCUT2D eigenvalue weighted by molar-refractivity contribution is 0.0950. The van der Waals surface area contributed by atoms with Gasteiger partial charge in [0.25, 0.3) is 5.91 Å². The number of carbonyl (C=O) groups excluding carboxylic acids is 1. The summed E-state index contributed by atoms with van der Waals surface area (Å²) in [6, 6.07) is 11.4. The number of piperazine rings is 1. The number of hydrogen-bond acceptors (Lipinski definition) is 5. The van der Waals surface area contributed by atoms with Crippen LogP contribution in [-0.2, 0) is 23.1 Å². The first-order valence-corrected chi connectivity index (χ1v) is 12.0. The van der Waals surface area contributed by atoms with Crippen LogP contribution in [0.1, 0.15) is 32.6 Å². The Hall–Kier alpha value is -2.26. The van der Waals surface area contributed by atoms with Gasteiger partial charge in [-0.05, 0) is 62.3 Å². The molecule has 1 saturated heterocycles. The van der Waals surface area contributed by atoms with Crippen LogP contribution in [0.15, 0.2) is 41.3 Å². The smallest absolute Gasteiger partial charge is 0.251 e. The van der Waals surface area contributed by atoms with Crippen LogP contribution in [0.3, 0.4) is 0 Å². The molecular weight excluding hydrogens is 412 g/mol. The fourth-order valence-electron chi connectivity index (χ4n) is 3.73. The molecular formula is C23H32N4O3S. The predicted octanol–water partition coefficient (Wildman–Crippen LogP) is 1.89. The minimum atomic E-state index is -3.64. The van der Waals surface area contributed by atoms with Gasteiger partial charge in [-0.15, -0.1) is 0 Å². The van der Waals surface area contributed by atoms with Crippen LogP contribution in [-0.4, -0.2) is 64.4 Å². The van der Waals surface area contributed by atoms with E-state index >= 15 is 0 Å². The first-order chi connectivity index (χ1) is 14.7. The van der Waals surface area contributed by atoms with Crippen molar-refractivity contribution in [3.05, 3.63) is 64.2 Å². The number of aryl methyl sites for hydroxylation is 1. The maximum absolute atomic E-state index is 12.7. The van der Waals surface area contributed by atoms with E-state index in [4.69, 9.17) is 0 Å². The SMILES string of the molecule is CNS(=O)(=O)c1cc(C(=O)NCc2cccc(CN3CCN(C)CC3)c2)cc(C)c1C. The molecule has 0 saturated carbocycles. The Morgan fingerprint density at radius 3 is 2.39 bits per heavy atom. The Morgan fingerprint density at radius 1 is 1.03 bits per heavy atom. The summed E-state index contributed by atoms with van der Waals surface area (Å²) in [4.78, 5) is 17.7. The molecule has 0 aliphatic carbocycles. The molecule has 1 aliphatic heterocycles. The highest BCUT2D eigenvalue weighted by molar-refractivity contribution is 7.89. The van der Waals surface area contributed by atoms with Crippen LogP contribution in [0, 0.1) is 13.8 Å². The molecule has 3 rings (SSSR count). The van der Waals surface area contributed by atoms with Gasteiger partial charge in [-0.1, -0.05) is 24.3 Å². The third-order valence-corrected chi connectivity index (χ3v) is 7.43. The Balaban J connectivity index is 1.67. The first-order valence-electron chi connectivity index (χ1n) is 10.5. The molecule has 1 amide bonds. The highest BCUT2D eigenvalue weighted by atomic mass is 32.2. The molecule has 1 aliphatic rings. The van der Waals surface area contributed by atoms with Crippen molar-refractivity contribution in [1.82, 2.24) is 19.8 Å². The quantitative estimate of drug-likeness (QED) is 0.682. The Morgan fingerprint density at radius 2 is 1.71 bits per heavy atom. The van der Waals surface area contributed by atoms with Crippen molar-refractivity contribution in [2.45, 2.75) is 31.8 Å². The van der Waals surface area contributed by atoms with Crippen molar-refractivity contribution >= 4 is 15.9 Å². The number of likely N-dealkylation sites (N-methyl/N-ethyl adjacent to an activating group) is 1. The zero-order valence-corrected chi connectivity index (χ0v) is 19.6. The minimum absolute atomic E-state index is 0.134. The van der Waals surface area contributed by atoms with E-state index in [0.29, 0.717) is 17.7 Å². The molecule has 31 heavy (non-hydrogen) atoms. The lowest BCUT2D eigenvalue weighted by Crippen LogP contribution is -2.43. The summed E-state index contributed by atoms with van der Waals surface area (Å²) in [6.07, 6.45) is 0. The number of benzene rings is 2. The number of amides is 1. The van der Waals surface area contributed by atoms with E-state index in [-0.39, 0.29) is 10.8 Å². The van der Waals surface area contributed by atoms with Gasteiger partial charge in [0, 0.05) is 44.8 Å². The van der Waals surface area contributed by atoms with Crippen LogP contribution in [0.4, 0.5) is 0 Å². The molecule has 7 nitrogen and oxygen atoms in total. The fraction of sp³-hybridized carbons (Fsp3) is 0.435. The summed E-state index contributed by atoms with van der Waals surface area (Å²) < 4.78 is 26.9. The third kappa shape index (κ3) is 5.92. The van der Waals surface area contributed by atoms with E-state index in [1.165, 1.54) is 18.7 Å². The summed E-state index contributed by atoms with van der Waals surface area (Å²) in [5.74, 6) is -0.292. The van der Waals surface area contributed by atoms with E-state index < -0.39 is 10.0 Å². The molecule has 1 heterocycles. The lowest BCUT2D eigenvalue weighted by atomic mass is 10.1. The summed E-state index contributed by atoms with van der Waals surface area (Å²) in [7, 11) is -0.122. The van der Waals surface area contributed by atoms with Gasteiger partial charge in [0.1, 0.15) is 0 Å². The molecule has 0 radical (unpaired) electrons. The Bertz CT molecular complexity index is 1040. The number of nitrogens with one attached hydrogen (secondary N) is 2. The monoisotopic (exact) mass is 444 g/mol. The highest BCUT2D eigenvalue weighted by Crippen LogP contribution is 2.21. The maximum Gasteiger partial charge on any atom is 0.251 e. The minimum Gasteiger partial charge on any atom is -0.348 e. The molecule has 8 heteroatoms. The predicted molar refractivity (Wildman–Crippen MR) is 123 cm³/mol. The number of rotatable bonds is 7. The standard InChI is InChI=1S/C23H32N4O3S/c1-17-12-21(14-22(18(17)2)31(29,30)24-3)23(28)25-15-19-6-5-7-20(13-19)16-27-10-8-26(4)9-11-27/h5-7,12-14,24H,8-11,15-16H2,1-4H3,(H,25,28). The Kier molecular flexibility index (Phi) is 7.48. The van der Waals surface area contributed by atoms with Crippen LogP contribution in [0.5, 0.6) is 0 Å². The van der Waals surface area contributed by atoms with Crippen LogP contribution in [0.25, 0.3) is 0 Å². The molecule has 0 aromatic heterocycles. The zero-order valence-electron chi connectivity index (χ0n) is 18.7. The van der Waals surface area contributed by atoms with E-state index in [1.54, 1.807) is 13.0 Å². The number of carbonyl (C=O) groups is 1. The Labute approximate surface area is 185 Å². The molecule has 0 spiro atoms. The van der Waals surface area contributed by atoms with Gasteiger partial charge in [-0.2, -0.15) is 0 Å². The summed E-state index contributed by atoms with van der Waals surface area (Å²) in [5.41, 5.74) is 3.99. The van der Waals surface area contributed by atoms with Crippen LogP contribution in [0.2, 0.25) is 0 Å². The van der Waals surface area contributed by atoms with Gasteiger partial charge in [-0.25, -0.2) is 13.1 Å². The first kappa shape index (κ1) is 23.4. The molecule has 2 N–H and O–H groups in total. The third-order valence-electron chi connectivity index (χ3n) is 5.89. The van der Waals surface area contributed by atoms with Gasteiger partial charge in [-0.3, -0.25) is 9.69 Å². The van der Waals surface area contributed by atoms with Crippen molar-refractivity contribution in [3.8, 4) is 0 Å². The van der Waals surface area contributed by atoms with Crippen molar-refractivity contribution in [2.75, 3.05) is 40.3 Å². The summed E-state index contributed by atoms with van der Waals surface area (Å²) >= 11 is 0. The number of sulfonamides is 1. The fourth-order valence-corrected chi connectivity index (χ4v) is 4.80. The molecule has 2 aromatic rings.